The average Bonchev–Trinajstić information content (AvgIpc) is 3.00. The number of methoxy groups -OCH3 is 1. The van der Waals surface area contributed by atoms with Crippen molar-refractivity contribution in [2.45, 2.75) is 25.4 Å². The molecular formula is C21H26N4O2. The average molecular weight is 366 g/mol. The van der Waals surface area contributed by atoms with Gasteiger partial charge in [0.15, 0.2) is 0 Å². The molecule has 2 amide bonds. The first kappa shape index (κ1) is 17.8. The summed E-state index contributed by atoms with van der Waals surface area (Å²) in [5, 5.41) is 2.99. The molecule has 0 aliphatic carbocycles. The third-order valence-electron chi connectivity index (χ3n) is 5.50. The number of carbonyl (C=O) groups excluding carboxylic acids is 1. The maximum Gasteiger partial charge on any atom is 0.322 e. The van der Waals surface area contributed by atoms with Gasteiger partial charge in [0.1, 0.15) is 0 Å². The van der Waals surface area contributed by atoms with Crippen molar-refractivity contribution in [1.29, 1.82) is 0 Å². The van der Waals surface area contributed by atoms with E-state index in [1.54, 1.807) is 19.4 Å². The van der Waals surface area contributed by atoms with Crippen molar-refractivity contribution in [2.24, 2.45) is 5.92 Å². The Hall–Kier alpha value is -2.60. The number of nitrogens with one attached hydrogen (secondary N) is 1. The number of pyridine rings is 1. The summed E-state index contributed by atoms with van der Waals surface area (Å²) in [4.78, 5) is 21.5. The van der Waals surface area contributed by atoms with Crippen LogP contribution in [0.4, 0.5) is 10.5 Å². The van der Waals surface area contributed by atoms with Crippen LogP contribution >= 0.6 is 0 Å². The summed E-state index contributed by atoms with van der Waals surface area (Å²) in [7, 11) is 1.58. The van der Waals surface area contributed by atoms with Gasteiger partial charge in [-0.25, -0.2) is 9.78 Å². The number of rotatable bonds is 4. The number of aromatic nitrogens is 1. The Morgan fingerprint density at radius 1 is 1.15 bits per heavy atom. The van der Waals surface area contributed by atoms with Gasteiger partial charge in [-0.1, -0.05) is 30.3 Å². The molecule has 0 spiro atoms. The molecule has 142 valence electrons. The number of nitrogens with zero attached hydrogens (tertiary/aromatic N) is 3. The zero-order valence-corrected chi connectivity index (χ0v) is 15.7. The lowest BCUT2D eigenvalue weighted by atomic mass is 9.95. The molecule has 1 aromatic heterocycles. The fourth-order valence-electron chi connectivity index (χ4n) is 4.17. The maximum absolute atomic E-state index is 12.9. The smallest absolute Gasteiger partial charge is 0.322 e. The standard InChI is InChI=1S/C21H26N4O2/c1-27-20-10-8-18(11-22-20)23-21(26)25-14-17-7-9-19(25)15-24(13-17)12-16-5-3-2-4-6-16/h2-6,8,10-11,17,19H,7,9,12-15H2,1H3,(H,23,26)/t17-,19+/m0/s1. The van der Waals surface area contributed by atoms with E-state index in [0.717, 1.165) is 32.6 Å². The van der Waals surface area contributed by atoms with Crippen LogP contribution in [0.15, 0.2) is 48.7 Å². The third kappa shape index (κ3) is 4.22. The van der Waals surface area contributed by atoms with Gasteiger partial charge >= 0.3 is 6.03 Å². The highest BCUT2D eigenvalue weighted by Gasteiger charge is 2.37. The molecule has 0 radical (unpaired) electrons. The summed E-state index contributed by atoms with van der Waals surface area (Å²) >= 11 is 0. The Kier molecular flexibility index (Phi) is 5.25. The molecule has 5 rings (SSSR count). The number of hydrogen-bond donors (Lipinski definition) is 1. The molecular weight excluding hydrogens is 340 g/mol. The maximum atomic E-state index is 12.9. The molecule has 4 heterocycles. The molecule has 3 saturated heterocycles. The Bertz CT molecular complexity index is 766. The number of hydrogen-bond acceptors (Lipinski definition) is 4. The van der Waals surface area contributed by atoms with Gasteiger partial charge in [0.25, 0.3) is 0 Å². The van der Waals surface area contributed by atoms with E-state index in [1.807, 2.05) is 11.0 Å². The molecule has 3 fully saturated rings. The van der Waals surface area contributed by atoms with E-state index in [4.69, 9.17) is 4.74 Å². The number of fused-ring (bicyclic) bond motifs is 4. The van der Waals surface area contributed by atoms with Crippen LogP contribution in [0.1, 0.15) is 18.4 Å². The highest BCUT2D eigenvalue weighted by Crippen LogP contribution is 2.29. The predicted octanol–water partition coefficient (Wildman–Crippen LogP) is 3.22. The lowest BCUT2D eigenvalue weighted by Gasteiger charge is -2.36. The van der Waals surface area contributed by atoms with Crippen molar-refractivity contribution in [3.05, 3.63) is 54.2 Å². The van der Waals surface area contributed by atoms with E-state index < -0.39 is 0 Å². The Labute approximate surface area is 160 Å². The highest BCUT2D eigenvalue weighted by molar-refractivity contribution is 5.89. The SMILES string of the molecule is COc1ccc(NC(=O)N2C[C@H]3CC[C@@H]2CN(Cc2ccccc2)C3)cn1. The van der Waals surface area contributed by atoms with Gasteiger partial charge in [0.05, 0.1) is 19.0 Å². The van der Waals surface area contributed by atoms with E-state index in [0.29, 0.717) is 17.5 Å². The molecule has 27 heavy (non-hydrogen) atoms. The van der Waals surface area contributed by atoms with Crippen LogP contribution in [-0.2, 0) is 6.54 Å². The van der Waals surface area contributed by atoms with Crippen molar-refractivity contribution in [1.82, 2.24) is 14.8 Å². The van der Waals surface area contributed by atoms with Crippen LogP contribution in [0.25, 0.3) is 0 Å². The minimum atomic E-state index is -0.0294. The van der Waals surface area contributed by atoms with E-state index in [1.165, 1.54) is 12.0 Å². The van der Waals surface area contributed by atoms with Gasteiger partial charge in [-0.15, -0.1) is 0 Å². The van der Waals surface area contributed by atoms with Crippen molar-refractivity contribution in [3.63, 3.8) is 0 Å². The Balaban J connectivity index is 1.41. The molecule has 2 atom stereocenters. The number of piperidine rings is 1. The summed E-state index contributed by atoms with van der Waals surface area (Å²) < 4.78 is 5.07. The van der Waals surface area contributed by atoms with Crippen LogP contribution in [0.5, 0.6) is 5.88 Å². The van der Waals surface area contributed by atoms with E-state index in [9.17, 15) is 4.79 Å². The van der Waals surface area contributed by atoms with Crippen molar-refractivity contribution < 1.29 is 9.53 Å². The Morgan fingerprint density at radius 3 is 2.74 bits per heavy atom. The van der Waals surface area contributed by atoms with Crippen LogP contribution in [0.3, 0.4) is 0 Å². The molecule has 0 unspecified atom stereocenters. The lowest BCUT2D eigenvalue weighted by molar-refractivity contribution is 0.151. The van der Waals surface area contributed by atoms with Gasteiger partial charge in [-0.05, 0) is 30.4 Å². The number of urea groups is 1. The van der Waals surface area contributed by atoms with Gasteiger partial charge < -0.3 is 15.0 Å². The van der Waals surface area contributed by atoms with Crippen LogP contribution < -0.4 is 10.1 Å². The van der Waals surface area contributed by atoms with E-state index in [2.05, 4.69) is 45.5 Å². The molecule has 0 saturated carbocycles. The molecule has 6 nitrogen and oxygen atoms in total. The fourth-order valence-corrected chi connectivity index (χ4v) is 4.17. The number of benzene rings is 1. The normalized spacial score (nSPS) is 22.3. The summed E-state index contributed by atoms with van der Waals surface area (Å²) in [6.07, 6.45) is 3.91. The van der Waals surface area contributed by atoms with Crippen molar-refractivity contribution >= 4 is 11.7 Å². The summed E-state index contributed by atoms with van der Waals surface area (Å²) in [6, 6.07) is 14.4. The predicted molar refractivity (Wildman–Crippen MR) is 105 cm³/mol. The summed E-state index contributed by atoms with van der Waals surface area (Å²) in [6.45, 7) is 3.76. The van der Waals surface area contributed by atoms with Crippen LogP contribution in [0, 0.1) is 5.92 Å². The quantitative estimate of drug-likeness (QED) is 0.903. The first-order valence-electron chi connectivity index (χ1n) is 9.55. The van der Waals surface area contributed by atoms with Gasteiger partial charge in [-0.2, -0.15) is 0 Å². The number of carbonyl (C=O) groups is 1. The largest absolute Gasteiger partial charge is 0.481 e. The minimum absolute atomic E-state index is 0.0294. The van der Waals surface area contributed by atoms with Crippen molar-refractivity contribution in [2.75, 3.05) is 32.1 Å². The van der Waals surface area contributed by atoms with E-state index >= 15 is 0 Å². The van der Waals surface area contributed by atoms with Crippen molar-refractivity contribution in [3.8, 4) is 5.88 Å². The molecule has 2 bridgehead atoms. The Morgan fingerprint density at radius 2 is 2.00 bits per heavy atom. The zero-order valence-electron chi connectivity index (χ0n) is 15.7. The number of anilines is 1. The number of ether oxygens (including phenoxy) is 1. The van der Waals surface area contributed by atoms with Gasteiger partial charge in [0, 0.05) is 38.3 Å². The second-order valence-electron chi connectivity index (χ2n) is 7.45. The van der Waals surface area contributed by atoms with Gasteiger partial charge in [-0.3, -0.25) is 4.90 Å². The zero-order chi connectivity index (χ0) is 18.6. The molecule has 3 aliphatic heterocycles. The van der Waals surface area contributed by atoms with Gasteiger partial charge in [0.2, 0.25) is 5.88 Å². The first-order chi connectivity index (χ1) is 13.2. The second kappa shape index (κ2) is 7.96. The first-order valence-corrected chi connectivity index (χ1v) is 9.55. The number of amides is 2. The molecule has 3 aliphatic rings. The topological polar surface area (TPSA) is 57.7 Å². The monoisotopic (exact) mass is 366 g/mol. The van der Waals surface area contributed by atoms with Crippen LogP contribution in [-0.4, -0.2) is 53.6 Å². The molecule has 6 heteroatoms. The summed E-state index contributed by atoms with van der Waals surface area (Å²) in [5.41, 5.74) is 2.03. The molecule has 1 aromatic carbocycles. The fraction of sp³-hybridized carbons (Fsp3) is 0.429. The molecule has 1 N–H and O–H groups in total. The third-order valence-corrected chi connectivity index (χ3v) is 5.50. The molecule has 2 aromatic rings. The second-order valence-corrected chi connectivity index (χ2v) is 7.45. The summed E-state index contributed by atoms with van der Waals surface area (Å²) in [5.74, 6) is 1.07. The lowest BCUT2D eigenvalue weighted by Crippen LogP contribution is -2.49. The highest BCUT2D eigenvalue weighted by atomic mass is 16.5. The van der Waals surface area contributed by atoms with E-state index in [-0.39, 0.29) is 12.1 Å². The minimum Gasteiger partial charge on any atom is -0.481 e. The van der Waals surface area contributed by atoms with Crippen LogP contribution in [0.2, 0.25) is 0 Å².